The molecule has 1 aromatic rings. The highest BCUT2D eigenvalue weighted by atomic mass is 127. The smallest absolute Gasteiger partial charge is 0.411 e. The minimum absolute atomic E-state index is 0.350. The van der Waals surface area contributed by atoms with Crippen molar-refractivity contribution in [2.24, 2.45) is 0 Å². The van der Waals surface area contributed by atoms with E-state index in [0.717, 1.165) is 13.7 Å². The molecule has 0 radical (unpaired) electrons. The normalized spacial score (nSPS) is 9.87. The molecule has 0 aliphatic carbocycles. The zero-order valence-electron chi connectivity index (χ0n) is 8.30. The van der Waals surface area contributed by atoms with Crippen LogP contribution in [0.15, 0.2) is 10.7 Å². The summed E-state index contributed by atoms with van der Waals surface area (Å²) < 4.78 is 6.39. The highest BCUT2D eigenvalue weighted by Gasteiger charge is 2.11. The van der Waals surface area contributed by atoms with Crippen LogP contribution >= 0.6 is 38.5 Å². The van der Waals surface area contributed by atoms with Crippen LogP contribution in [0.4, 0.5) is 10.5 Å². The number of rotatable bonds is 2. The third kappa shape index (κ3) is 3.30. The summed E-state index contributed by atoms with van der Waals surface area (Å²) >= 11 is 5.41. The highest BCUT2D eigenvalue weighted by Crippen LogP contribution is 2.26. The molecule has 6 heteroatoms. The van der Waals surface area contributed by atoms with Gasteiger partial charge >= 0.3 is 6.09 Å². The van der Waals surface area contributed by atoms with Crippen molar-refractivity contribution in [3.63, 3.8) is 0 Å². The van der Waals surface area contributed by atoms with Gasteiger partial charge in [-0.3, -0.25) is 5.32 Å². The third-order valence-electron chi connectivity index (χ3n) is 1.73. The molecular weight excluding hydrogens is 375 g/mol. The first-order chi connectivity index (χ1) is 7.06. The number of nitrogens with one attached hydrogen (secondary N) is 1. The number of hydrogen-bond acceptors (Lipinski definition) is 3. The lowest BCUT2D eigenvalue weighted by atomic mass is 10.2. The van der Waals surface area contributed by atoms with Crippen LogP contribution in [-0.4, -0.2) is 17.7 Å². The third-order valence-corrected chi connectivity index (χ3v) is 3.35. The zero-order valence-corrected chi connectivity index (χ0v) is 12.0. The van der Waals surface area contributed by atoms with E-state index in [1.807, 2.05) is 6.92 Å². The summed E-state index contributed by atoms with van der Waals surface area (Å²) in [6, 6.07) is 0. The maximum Gasteiger partial charge on any atom is 0.411 e. The van der Waals surface area contributed by atoms with E-state index in [0.29, 0.717) is 12.3 Å². The number of ether oxygens (including phenoxy) is 1. The van der Waals surface area contributed by atoms with Crippen LogP contribution in [0.3, 0.4) is 0 Å². The van der Waals surface area contributed by atoms with E-state index in [1.54, 1.807) is 13.1 Å². The Morgan fingerprint density at radius 3 is 3.00 bits per heavy atom. The number of halogens is 2. The first kappa shape index (κ1) is 12.7. The molecule has 0 unspecified atom stereocenters. The Kier molecular flexibility index (Phi) is 4.78. The lowest BCUT2D eigenvalue weighted by Gasteiger charge is -2.10. The van der Waals surface area contributed by atoms with Crippen molar-refractivity contribution in [3.8, 4) is 0 Å². The van der Waals surface area contributed by atoms with E-state index in [2.05, 4.69) is 48.8 Å². The van der Waals surface area contributed by atoms with Crippen molar-refractivity contribution in [2.75, 3.05) is 11.9 Å². The molecule has 82 valence electrons. The van der Waals surface area contributed by atoms with Crippen molar-refractivity contribution in [3.05, 3.63) is 19.9 Å². The lowest BCUT2D eigenvalue weighted by Crippen LogP contribution is -2.15. The second-order valence-corrected chi connectivity index (χ2v) is 4.62. The van der Waals surface area contributed by atoms with Crippen LogP contribution in [0, 0.1) is 10.6 Å². The summed E-state index contributed by atoms with van der Waals surface area (Å²) in [5.41, 5.74) is 1.62. The van der Waals surface area contributed by atoms with Gasteiger partial charge in [-0.05, 0) is 57.9 Å². The van der Waals surface area contributed by atoms with E-state index in [1.165, 1.54) is 0 Å². The molecule has 0 atom stereocenters. The van der Waals surface area contributed by atoms with E-state index in [4.69, 9.17) is 4.74 Å². The largest absolute Gasteiger partial charge is 0.450 e. The number of carbonyl (C=O) groups is 1. The van der Waals surface area contributed by atoms with Gasteiger partial charge in [0, 0.05) is 10.7 Å². The lowest BCUT2D eigenvalue weighted by molar-refractivity contribution is 0.168. The van der Waals surface area contributed by atoms with Gasteiger partial charge in [-0.1, -0.05) is 0 Å². The Bertz CT molecular complexity index is 385. The number of nitrogens with zero attached hydrogens (tertiary/aromatic N) is 1. The SMILES string of the molecule is CCOC(=O)Nc1c(I)ncc(Br)c1C. The summed E-state index contributed by atoms with van der Waals surface area (Å²) in [5.74, 6) is 0. The topological polar surface area (TPSA) is 51.2 Å². The van der Waals surface area contributed by atoms with Crippen LogP contribution in [0.25, 0.3) is 0 Å². The summed E-state index contributed by atoms with van der Waals surface area (Å²) in [7, 11) is 0. The second kappa shape index (κ2) is 5.64. The Hall–Kier alpha value is -0.370. The average molecular weight is 385 g/mol. The quantitative estimate of drug-likeness (QED) is 0.628. The first-order valence-corrected chi connectivity index (χ1v) is 6.17. The maximum absolute atomic E-state index is 11.2. The molecule has 0 aromatic carbocycles. The van der Waals surface area contributed by atoms with Crippen molar-refractivity contribution < 1.29 is 9.53 Å². The Morgan fingerprint density at radius 1 is 1.73 bits per heavy atom. The molecule has 0 bridgehead atoms. The van der Waals surface area contributed by atoms with E-state index < -0.39 is 6.09 Å². The van der Waals surface area contributed by atoms with Crippen molar-refractivity contribution in [1.29, 1.82) is 0 Å². The molecule has 0 aliphatic heterocycles. The van der Waals surface area contributed by atoms with Gasteiger partial charge in [0.1, 0.15) is 3.70 Å². The first-order valence-electron chi connectivity index (χ1n) is 4.30. The van der Waals surface area contributed by atoms with Gasteiger partial charge in [-0.25, -0.2) is 9.78 Å². The standard InChI is InChI=1S/C9H10BrIN2O2/c1-3-15-9(14)13-7-5(2)6(10)4-12-8(7)11/h4H,3H2,1-2H3,(H,13,14). The minimum atomic E-state index is -0.460. The number of carbonyl (C=O) groups excluding carboxylic acids is 1. The summed E-state index contributed by atoms with van der Waals surface area (Å²) in [5, 5.41) is 2.66. The van der Waals surface area contributed by atoms with E-state index in [-0.39, 0.29) is 0 Å². The number of pyridine rings is 1. The number of amides is 1. The van der Waals surface area contributed by atoms with Crippen LogP contribution in [-0.2, 0) is 4.74 Å². The fourth-order valence-electron chi connectivity index (χ4n) is 0.963. The summed E-state index contributed by atoms with van der Waals surface area (Å²) in [6.45, 7) is 4.01. The maximum atomic E-state index is 11.2. The monoisotopic (exact) mass is 384 g/mol. The Morgan fingerprint density at radius 2 is 2.40 bits per heavy atom. The van der Waals surface area contributed by atoms with Gasteiger partial charge in [0.2, 0.25) is 0 Å². The van der Waals surface area contributed by atoms with E-state index in [9.17, 15) is 4.79 Å². The minimum Gasteiger partial charge on any atom is -0.450 e. The molecule has 1 rings (SSSR count). The molecule has 1 heterocycles. The predicted molar refractivity (Wildman–Crippen MR) is 70.0 cm³/mol. The highest BCUT2D eigenvalue weighted by molar-refractivity contribution is 14.1. The molecule has 0 aliphatic rings. The van der Waals surface area contributed by atoms with Crippen LogP contribution < -0.4 is 5.32 Å². The van der Waals surface area contributed by atoms with Crippen LogP contribution in [0.2, 0.25) is 0 Å². The second-order valence-electron chi connectivity index (χ2n) is 2.74. The van der Waals surface area contributed by atoms with Crippen molar-refractivity contribution >= 4 is 50.3 Å². The molecule has 0 saturated carbocycles. The fourth-order valence-corrected chi connectivity index (χ4v) is 1.94. The summed E-state index contributed by atoms with van der Waals surface area (Å²) in [4.78, 5) is 15.4. The molecular formula is C9H10BrIN2O2. The van der Waals surface area contributed by atoms with Crippen LogP contribution in [0.5, 0.6) is 0 Å². The Balaban J connectivity index is 2.93. The molecule has 0 spiro atoms. The number of anilines is 1. The van der Waals surface area contributed by atoms with Gasteiger partial charge in [0.25, 0.3) is 0 Å². The van der Waals surface area contributed by atoms with Crippen LogP contribution in [0.1, 0.15) is 12.5 Å². The van der Waals surface area contributed by atoms with Crippen molar-refractivity contribution in [1.82, 2.24) is 4.98 Å². The number of aromatic nitrogens is 1. The molecule has 1 N–H and O–H groups in total. The predicted octanol–water partition coefficient (Wildman–Crippen LogP) is 3.33. The number of hydrogen-bond donors (Lipinski definition) is 1. The van der Waals surface area contributed by atoms with Gasteiger partial charge < -0.3 is 4.74 Å². The Labute approximate surface area is 110 Å². The molecule has 1 aromatic heterocycles. The molecule has 15 heavy (non-hydrogen) atoms. The average Bonchev–Trinajstić information content (AvgIpc) is 2.19. The molecule has 0 saturated heterocycles. The molecule has 4 nitrogen and oxygen atoms in total. The van der Waals surface area contributed by atoms with Gasteiger partial charge in [-0.15, -0.1) is 0 Å². The van der Waals surface area contributed by atoms with Gasteiger partial charge in [0.05, 0.1) is 12.3 Å². The van der Waals surface area contributed by atoms with E-state index >= 15 is 0 Å². The molecule has 0 fully saturated rings. The summed E-state index contributed by atoms with van der Waals surface area (Å²) in [6.07, 6.45) is 1.24. The van der Waals surface area contributed by atoms with Crippen molar-refractivity contribution in [2.45, 2.75) is 13.8 Å². The molecule has 1 amide bonds. The van der Waals surface area contributed by atoms with Gasteiger partial charge in [0.15, 0.2) is 0 Å². The van der Waals surface area contributed by atoms with Gasteiger partial charge in [-0.2, -0.15) is 0 Å². The zero-order chi connectivity index (χ0) is 11.4. The fraction of sp³-hybridized carbons (Fsp3) is 0.333.